The number of likely N-dealkylation sites (N-methyl/N-ethyl adjacent to an activating group) is 1. The minimum atomic E-state index is -1.26. The second kappa shape index (κ2) is 9.51. The number of carbonyl (C=O) groups is 2. The Bertz CT molecular complexity index is 595. The highest BCUT2D eigenvalue weighted by Gasteiger charge is 2.18. The molecule has 132 valence electrons. The Morgan fingerprint density at radius 2 is 2.00 bits per heavy atom. The molecule has 0 unspecified atom stereocenters. The van der Waals surface area contributed by atoms with E-state index in [2.05, 4.69) is 23.0 Å². The van der Waals surface area contributed by atoms with E-state index in [9.17, 15) is 9.59 Å². The maximum absolute atomic E-state index is 9.55. The molecule has 1 aliphatic heterocycles. The number of carboxylic acids is 2. The summed E-state index contributed by atoms with van der Waals surface area (Å²) in [4.78, 5) is 25.8. The van der Waals surface area contributed by atoms with Crippen LogP contribution < -0.4 is 4.74 Å². The Morgan fingerprint density at radius 3 is 2.42 bits per heavy atom. The zero-order chi connectivity index (χ0) is 18.1. The van der Waals surface area contributed by atoms with Crippen LogP contribution in [0.15, 0.2) is 22.6 Å². The van der Waals surface area contributed by atoms with E-state index in [1.807, 2.05) is 6.92 Å². The van der Waals surface area contributed by atoms with E-state index in [4.69, 9.17) is 19.4 Å². The van der Waals surface area contributed by atoms with Crippen LogP contribution in [0.1, 0.15) is 24.9 Å². The fraction of sp³-hybridized carbons (Fsp3) is 0.438. The predicted molar refractivity (Wildman–Crippen MR) is 86.9 cm³/mol. The summed E-state index contributed by atoms with van der Waals surface area (Å²) in [7, 11) is 3.72. The number of hydrogen-bond donors (Lipinski definition) is 2. The van der Waals surface area contributed by atoms with E-state index < -0.39 is 11.9 Å². The molecule has 2 rings (SSSR count). The minimum Gasteiger partial charge on any atom is -0.478 e. The Morgan fingerprint density at radius 1 is 1.38 bits per heavy atom. The van der Waals surface area contributed by atoms with E-state index in [-0.39, 0.29) is 0 Å². The Kier molecular flexibility index (Phi) is 7.70. The summed E-state index contributed by atoms with van der Waals surface area (Å²) in [5.74, 6) is -1.26. The summed E-state index contributed by atoms with van der Waals surface area (Å²) in [6.45, 7) is 4.04. The number of nitrogens with zero attached hydrogens (tertiary/aromatic N) is 2. The summed E-state index contributed by atoms with van der Waals surface area (Å²) in [6.07, 6.45) is 5.20. The molecule has 0 amide bonds. The number of oxazole rings is 1. The number of aromatic nitrogens is 1. The van der Waals surface area contributed by atoms with Gasteiger partial charge in [-0.3, -0.25) is 0 Å². The van der Waals surface area contributed by atoms with Crippen LogP contribution in [-0.2, 0) is 16.0 Å². The first-order chi connectivity index (χ1) is 11.4. The minimum absolute atomic E-state index is 0.548. The highest BCUT2D eigenvalue weighted by Crippen LogP contribution is 2.26. The molecule has 8 nitrogen and oxygen atoms in total. The third-order valence-corrected chi connectivity index (χ3v) is 3.17. The van der Waals surface area contributed by atoms with Gasteiger partial charge in [-0.15, -0.1) is 0 Å². The maximum atomic E-state index is 9.55. The van der Waals surface area contributed by atoms with Gasteiger partial charge in [-0.1, -0.05) is 13.0 Å². The normalized spacial score (nSPS) is 14.7. The number of carboxylic acid groups (broad SMARTS) is 2. The van der Waals surface area contributed by atoms with Crippen LogP contribution >= 0.6 is 0 Å². The van der Waals surface area contributed by atoms with Crippen LogP contribution in [0.25, 0.3) is 5.57 Å². The maximum Gasteiger partial charge on any atom is 0.328 e. The van der Waals surface area contributed by atoms with Crippen molar-refractivity contribution in [1.29, 1.82) is 0 Å². The molecule has 1 aromatic heterocycles. The molecule has 0 saturated carbocycles. The number of rotatable bonds is 5. The van der Waals surface area contributed by atoms with Crippen molar-refractivity contribution in [2.75, 3.05) is 27.2 Å². The van der Waals surface area contributed by atoms with E-state index in [0.29, 0.717) is 24.0 Å². The van der Waals surface area contributed by atoms with Crippen molar-refractivity contribution in [3.63, 3.8) is 0 Å². The fourth-order valence-electron chi connectivity index (χ4n) is 2.05. The van der Waals surface area contributed by atoms with Crippen LogP contribution in [0, 0.1) is 0 Å². The van der Waals surface area contributed by atoms with Crippen LogP contribution in [0.4, 0.5) is 0 Å². The van der Waals surface area contributed by atoms with Gasteiger partial charge in [-0.05, 0) is 19.9 Å². The number of aryl methyl sites for hydroxylation is 1. The first kappa shape index (κ1) is 19.4. The monoisotopic (exact) mass is 338 g/mol. The van der Waals surface area contributed by atoms with Crippen molar-refractivity contribution in [3.8, 4) is 5.95 Å². The molecule has 2 heterocycles. The number of hydrogen-bond acceptors (Lipinski definition) is 6. The van der Waals surface area contributed by atoms with Crippen molar-refractivity contribution < 1.29 is 29.0 Å². The highest BCUT2D eigenvalue weighted by molar-refractivity contribution is 5.89. The molecule has 0 fully saturated rings. The summed E-state index contributed by atoms with van der Waals surface area (Å²) in [5.41, 5.74) is 2.05. The van der Waals surface area contributed by atoms with E-state index in [1.165, 1.54) is 0 Å². The predicted octanol–water partition coefficient (Wildman–Crippen LogP) is 1.68. The molecule has 0 aliphatic carbocycles. The molecular formula is C16H22N2O6. The molecule has 0 aromatic carbocycles. The summed E-state index contributed by atoms with van der Waals surface area (Å²) < 4.78 is 10.8. The van der Waals surface area contributed by atoms with Crippen molar-refractivity contribution in [2.24, 2.45) is 0 Å². The molecule has 1 aliphatic rings. The van der Waals surface area contributed by atoms with Crippen molar-refractivity contribution >= 4 is 17.5 Å². The molecule has 0 radical (unpaired) electrons. The highest BCUT2D eigenvalue weighted by atomic mass is 16.6. The van der Waals surface area contributed by atoms with Gasteiger partial charge in [-0.25, -0.2) is 14.6 Å². The van der Waals surface area contributed by atoms with E-state index in [0.717, 1.165) is 37.2 Å². The quantitative estimate of drug-likeness (QED) is 0.780. The Hall–Kier alpha value is -2.61. The third-order valence-electron chi connectivity index (χ3n) is 3.17. The molecule has 24 heavy (non-hydrogen) atoms. The molecule has 0 bridgehead atoms. The molecule has 0 atom stereocenters. The summed E-state index contributed by atoms with van der Waals surface area (Å²) in [6, 6.07) is 0. The average Bonchev–Trinajstić information content (AvgIpc) is 2.97. The van der Waals surface area contributed by atoms with Gasteiger partial charge in [0.2, 0.25) is 5.89 Å². The second-order valence-corrected chi connectivity index (χ2v) is 5.08. The summed E-state index contributed by atoms with van der Waals surface area (Å²) >= 11 is 0. The second-order valence-electron chi connectivity index (χ2n) is 5.08. The topological polar surface area (TPSA) is 113 Å². The van der Waals surface area contributed by atoms with Crippen molar-refractivity contribution in [3.05, 3.63) is 29.8 Å². The van der Waals surface area contributed by atoms with E-state index in [1.54, 1.807) is 7.11 Å². The fourth-order valence-corrected chi connectivity index (χ4v) is 2.05. The zero-order valence-corrected chi connectivity index (χ0v) is 14.0. The largest absolute Gasteiger partial charge is 0.478 e. The molecule has 8 heteroatoms. The van der Waals surface area contributed by atoms with Crippen LogP contribution in [0.2, 0.25) is 0 Å². The Balaban J connectivity index is 0.000000307. The summed E-state index contributed by atoms with van der Waals surface area (Å²) in [5, 5.41) is 15.6. The van der Waals surface area contributed by atoms with Crippen molar-refractivity contribution in [1.82, 2.24) is 9.88 Å². The van der Waals surface area contributed by atoms with Gasteiger partial charge in [0, 0.05) is 30.8 Å². The van der Waals surface area contributed by atoms with Gasteiger partial charge in [0.25, 0.3) is 0 Å². The first-order valence-corrected chi connectivity index (χ1v) is 7.42. The lowest BCUT2D eigenvalue weighted by Gasteiger charge is -2.20. The first-order valence-electron chi connectivity index (χ1n) is 7.42. The Labute approximate surface area is 140 Å². The van der Waals surface area contributed by atoms with Crippen LogP contribution in [-0.4, -0.2) is 59.3 Å². The van der Waals surface area contributed by atoms with Crippen LogP contribution in [0.5, 0.6) is 5.95 Å². The lowest BCUT2D eigenvalue weighted by Crippen LogP contribution is -2.25. The van der Waals surface area contributed by atoms with E-state index >= 15 is 0 Å². The number of ether oxygens (including phenoxy) is 1. The van der Waals surface area contributed by atoms with Crippen LogP contribution in [0.3, 0.4) is 0 Å². The number of aliphatic carboxylic acids is 2. The third kappa shape index (κ3) is 6.25. The van der Waals surface area contributed by atoms with Gasteiger partial charge in [0.05, 0.1) is 7.11 Å². The van der Waals surface area contributed by atoms with Gasteiger partial charge >= 0.3 is 17.9 Å². The molecule has 0 spiro atoms. The standard InChI is InChI=1S/C12H18N2O2.C4H4O4/c1-4-10-12(15-3)16-11(13-10)9-6-5-7-14(2)8-9;5-3(6)1-2-4(7)8/h6H,4-5,7-8H2,1-3H3;1-2H,(H,5,6)(H,7,8)/b;2-1-. The smallest absolute Gasteiger partial charge is 0.328 e. The SMILES string of the molecule is CCc1nc(C2=CCCN(C)C2)oc1OC.O=C(O)/C=C\C(=O)O. The van der Waals surface area contributed by atoms with Crippen molar-refractivity contribution in [2.45, 2.75) is 19.8 Å². The lowest BCUT2D eigenvalue weighted by molar-refractivity contribution is -0.134. The van der Waals surface area contributed by atoms with Gasteiger partial charge in [0.1, 0.15) is 5.69 Å². The molecule has 1 aromatic rings. The van der Waals surface area contributed by atoms with Gasteiger partial charge in [-0.2, -0.15) is 0 Å². The zero-order valence-electron chi connectivity index (χ0n) is 14.0. The lowest BCUT2D eigenvalue weighted by atomic mass is 10.1. The molecular weight excluding hydrogens is 316 g/mol. The van der Waals surface area contributed by atoms with Gasteiger partial charge < -0.3 is 24.3 Å². The molecule has 0 saturated heterocycles. The number of methoxy groups -OCH3 is 1. The average molecular weight is 338 g/mol. The van der Waals surface area contributed by atoms with Gasteiger partial charge in [0.15, 0.2) is 0 Å². The molecule has 2 N–H and O–H groups in total.